The van der Waals surface area contributed by atoms with Crippen LogP contribution in [0.2, 0.25) is 0 Å². The van der Waals surface area contributed by atoms with Crippen molar-refractivity contribution in [2.45, 2.75) is 62.2 Å². The molecule has 0 heterocycles. The molecule has 0 aromatic carbocycles. The maximum absolute atomic E-state index is 11.4. The van der Waals surface area contributed by atoms with Crippen LogP contribution in [0.25, 0.3) is 0 Å². The zero-order chi connectivity index (χ0) is 13.0. The summed E-state index contributed by atoms with van der Waals surface area (Å²) in [5.74, 6) is 1.46. The maximum Gasteiger partial charge on any atom is 0.323 e. The maximum atomic E-state index is 11.4. The molecule has 2 rings (SSSR count). The van der Waals surface area contributed by atoms with Crippen molar-refractivity contribution < 1.29 is 9.90 Å². The van der Waals surface area contributed by atoms with Gasteiger partial charge in [0.15, 0.2) is 0 Å². The minimum atomic E-state index is -0.670. The molecule has 18 heavy (non-hydrogen) atoms. The molecule has 0 bridgehead atoms. The smallest absolute Gasteiger partial charge is 0.323 e. The summed E-state index contributed by atoms with van der Waals surface area (Å²) in [4.78, 5) is 11.4. The lowest BCUT2D eigenvalue weighted by Crippen LogP contribution is -2.54. The van der Waals surface area contributed by atoms with Gasteiger partial charge in [0.05, 0.1) is 0 Å². The second kappa shape index (κ2) is 6.29. The molecule has 0 saturated heterocycles. The largest absolute Gasteiger partial charge is 0.480 e. The van der Waals surface area contributed by atoms with Crippen LogP contribution in [-0.2, 0) is 4.79 Å². The highest BCUT2D eigenvalue weighted by atomic mass is 32.2. The first-order valence-electron chi connectivity index (χ1n) is 7.20. The van der Waals surface area contributed by atoms with Crippen LogP contribution >= 0.6 is 11.8 Å². The monoisotopic (exact) mass is 271 g/mol. The fourth-order valence-electron chi connectivity index (χ4n) is 3.34. The molecule has 2 aliphatic rings. The summed E-state index contributed by atoms with van der Waals surface area (Å²) in [6.07, 6.45) is 9.35. The van der Waals surface area contributed by atoms with Gasteiger partial charge in [-0.1, -0.05) is 12.8 Å². The number of carboxylic acid groups (broad SMARTS) is 1. The topological polar surface area (TPSA) is 49.3 Å². The Morgan fingerprint density at radius 2 is 2.06 bits per heavy atom. The standard InChI is InChI=1S/C14H25NO2S/c1-15-14(13(16)17)8-4-7-12(9-14)18-10-11-5-2-3-6-11/h11-12,15H,2-10H2,1H3,(H,16,17). The van der Waals surface area contributed by atoms with E-state index in [1.165, 1.54) is 37.9 Å². The summed E-state index contributed by atoms with van der Waals surface area (Å²) >= 11 is 2.03. The molecule has 0 spiro atoms. The van der Waals surface area contributed by atoms with E-state index in [2.05, 4.69) is 5.32 Å². The third kappa shape index (κ3) is 3.21. The van der Waals surface area contributed by atoms with E-state index < -0.39 is 11.5 Å². The minimum Gasteiger partial charge on any atom is -0.480 e. The molecule has 0 radical (unpaired) electrons. The zero-order valence-electron chi connectivity index (χ0n) is 11.3. The first kappa shape index (κ1) is 14.2. The van der Waals surface area contributed by atoms with Crippen molar-refractivity contribution in [2.75, 3.05) is 12.8 Å². The van der Waals surface area contributed by atoms with E-state index in [1.54, 1.807) is 7.05 Å². The van der Waals surface area contributed by atoms with E-state index in [1.807, 2.05) is 11.8 Å². The SMILES string of the molecule is CNC1(C(=O)O)CCCC(SCC2CCCC2)C1. The van der Waals surface area contributed by atoms with Gasteiger partial charge >= 0.3 is 5.97 Å². The summed E-state index contributed by atoms with van der Waals surface area (Å²) in [5.41, 5.74) is -0.661. The summed E-state index contributed by atoms with van der Waals surface area (Å²) in [5, 5.41) is 13.0. The van der Waals surface area contributed by atoms with Gasteiger partial charge in [-0.25, -0.2) is 0 Å². The minimum absolute atomic E-state index is 0.530. The van der Waals surface area contributed by atoms with Gasteiger partial charge in [0.2, 0.25) is 0 Å². The summed E-state index contributed by atoms with van der Waals surface area (Å²) in [6.45, 7) is 0. The lowest BCUT2D eigenvalue weighted by Gasteiger charge is -2.37. The van der Waals surface area contributed by atoms with Gasteiger partial charge in [-0.3, -0.25) is 4.79 Å². The van der Waals surface area contributed by atoms with E-state index in [0.717, 1.165) is 25.2 Å². The second-order valence-corrected chi connectivity index (χ2v) is 7.17. The van der Waals surface area contributed by atoms with Crippen molar-refractivity contribution in [1.82, 2.24) is 5.32 Å². The van der Waals surface area contributed by atoms with Crippen LogP contribution < -0.4 is 5.32 Å². The Morgan fingerprint density at radius 1 is 1.33 bits per heavy atom. The first-order valence-corrected chi connectivity index (χ1v) is 8.25. The predicted molar refractivity (Wildman–Crippen MR) is 76.1 cm³/mol. The molecule has 2 aliphatic carbocycles. The first-order chi connectivity index (χ1) is 8.66. The molecule has 0 aliphatic heterocycles. The Balaban J connectivity index is 1.83. The van der Waals surface area contributed by atoms with Gasteiger partial charge in [0.25, 0.3) is 0 Å². The molecule has 2 unspecified atom stereocenters. The highest BCUT2D eigenvalue weighted by molar-refractivity contribution is 7.99. The van der Waals surface area contributed by atoms with Gasteiger partial charge in [-0.05, 0) is 57.2 Å². The Morgan fingerprint density at radius 3 is 2.67 bits per heavy atom. The summed E-state index contributed by atoms with van der Waals surface area (Å²) in [7, 11) is 1.79. The van der Waals surface area contributed by atoms with Crippen molar-refractivity contribution in [2.24, 2.45) is 5.92 Å². The molecule has 4 heteroatoms. The average molecular weight is 271 g/mol. The molecular weight excluding hydrogens is 246 g/mol. The van der Waals surface area contributed by atoms with Gasteiger partial charge in [0.1, 0.15) is 5.54 Å². The molecule has 3 nitrogen and oxygen atoms in total. The molecule has 2 fully saturated rings. The molecular formula is C14H25NO2S. The van der Waals surface area contributed by atoms with Crippen molar-refractivity contribution >= 4 is 17.7 Å². The third-order valence-electron chi connectivity index (χ3n) is 4.64. The lowest BCUT2D eigenvalue weighted by atomic mass is 9.81. The third-order valence-corrected chi connectivity index (χ3v) is 6.17. The second-order valence-electron chi connectivity index (χ2n) is 5.84. The van der Waals surface area contributed by atoms with Crippen LogP contribution in [0.1, 0.15) is 51.4 Å². The number of nitrogens with one attached hydrogen (secondary N) is 1. The number of carbonyl (C=O) groups is 1. The van der Waals surface area contributed by atoms with Crippen molar-refractivity contribution in [3.63, 3.8) is 0 Å². The fourth-order valence-corrected chi connectivity index (χ4v) is 4.96. The van der Waals surface area contributed by atoms with Crippen LogP contribution in [0.3, 0.4) is 0 Å². The number of aliphatic carboxylic acids is 1. The Bertz CT molecular complexity index is 292. The van der Waals surface area contributed by atoms with Crippen LogP contribution in [0.5, 0.6) is 0 Å². The molecule has 2 atom stereocenters. The van der Waals surface area contributed by atoms with Gasteiger partial charge in [-0.2, -0.15) is 11.8 Å². The highest BCUT2D eigenvalue weighted by Gasteiger charge is 2.41. The quantitative estimate of drug-likeness (QED) is 0.807. The normalized spacial score (nSPS) is 33.7. The van der Waals surface area contributed by atoms with Crippen molar-refractivity contribution in [1.29, 1.82) is 0 Å². The molecule has 0 amide bonds. The van der Waals surface area contributed by atoms with E-state index >= 15 is 0 Å². The van der Waals surface area contributed by atoms with E-state index in [-0.39, 0.29) is 0 Å². The Hall–Kier alpha value is -0.220. The summed E-state index contributed by atoms with van der Waals surface area (Å²) < 4.78 is 0. The van der Waals surface area contributed by atoms with Crippen LogP contribution in [0.4, 0.5) is 0 Å². The molecule has 0 aromatic rings. The van der Waals surface area contributed by atoms with Gasteiger partial charge in [0, 0.05) is 5.25 Å². The number of thioether (sulfide) groups is 1. The van der Waals surface area contributed by atoms with Crippen molar-refractivity contribution in [3.05, 3.63) is 0 Å². The van der Waals surface area contributed by atoms with E-state index in [9.17, 15) is 9.90 Å². The highest BCUT2D eigenvalue weighted by Crippen LogP contribution is 2.37. The average Bonchev–Trinajstić information content (AvgIpc) is 2.89. The number of hydrogen-bond donors (Lipinski definition) is 2. The molecule has 2 saturated carbocycles. The number of hydrogen-bond acceptors (Lipinski definition) is 3. The van der Waals surface area contributed by atoms with E-state index in [4.69, 9.17) is 0 Å². The Labute approximate surface area is 114 Å². The molecule has 104 valence electrons. The Kier molecular flexibility index (Phi) is 4.96. The van der Waals surface area contributed by atoms with Gasteiger partial charge < -0.3 is 10.4 Å². The molecule has 2 N–H and O–H groups in total. The predicted octanol–water partition coefficient (Wildman–Crippen LogP) is 2.90. The number of rotatable bonds is 5. The lowest BCUT2D eigenvalue weighted by molar-refractivity contribution is -0.146. The van der Waals surface area contributed by atoms with Gasteiger partial charge in [-0.15, -0.1) is 0 Å². The fraction of sp³-hybridized carbons (Fsp3) is 0.929. The van der Waals surface area contributed by atoms with Crippen LogP contribution in [0.15, 0.2) is 0 Å². The van der Waals surface area contributed by atoms with E-state index in [0.29, 0.717) is 5.25 Å². The van der Waals surface area contributed by atoms with Crippen molar-refractivity contribution in [3.8, 4) is 0 Å². The van der Waals surface area contributed by atoms with Crippen LogP contribution in [0, 0.1) is 5.92 Å². The number of likely N-dealkylation sites (N-methyl/N-ethyl adjacent to an activating group) is 1. The summed E-state index contributed by atoms with van der Waals surface area (Å²) in [6, 6.07) is 0. The zero-order valence-corrected chi connectivity index (χ0v) is 12.1. The molecule has 0 aromatic heterocycles. The number of carboxylic acids is 1. The van der Waals surface area contributed by atoms with Crippen LogP contribution in [-0.4, -0.2) is 34.7 Å².